The minimum absolute atomic E-state index is 0.103. The number of carbonyl (C=O) groups is 1. The number of thioether (sulfide) groups is 1. The fourth-order valence-electron chi connectivity index (χ4n) is 4.12. The van der Waals surface area contributed by atoms with Gasteiger partial charge >= 0.3 is 0 Å². The number of likely N-dealkylation sites (tertiary alicyclic amines) is 1. The Kier molecular flexibility index (Phi) is 4.13. The third-order valence-corrected chi connectivity index (χ3v) is 7.08. The molecule has 23 heavy (non-hydrogen) atoms. The lowest BCUT2D eigenvalue weighted by atomic mass is 9.92. The van der Waals surface area contributed by atoms with Crippen molar-refractivity contribution in [2.24, 2.45) is 13.0 Å². The predicted molar refractivity (Wildman–Crippen MR) is 90.6 cm³/mol. The van der Waals surface area contributed by atoms with Crippen molar-refractivity contribution in [1.29, 1.82) is 0 Å². The summed E-state index contributed by atoms with van der Waals surface area (Å²) in [5, 5.41) is 4.09. The number of carbonyl (C=O) groups excluding carboxylic acids is 1. The lowest BCUT2D eigenvalue weighted by molar-refractivity contribution is 0.0194. The summed E-state index contributed by atoms with van der Waals surface area (Å²) in [6.07, 6.45) is 8.61. The summed E-state index contributed by atoms with van der Waals surface area (Å²) < 4.78 is 8.07. The average molecular weight is 335 g/mol. The second-order valence-electron chi connectivity index (χ2n) is 7.31. The quantitative estimate of drug-likeness (QED) is 0.847. The van der Waals surface area contributed by atoms with Gasteiger partial charge in [-0.05, 0) is 31.2 Å². The molecule has 3 fully saturated rings. The summed E-state index contributed by atoms with van der Waals surface area (Å²) in [4.78, 5) is 14.4. The van der Waals surface area contributed by atoms with Crippen LogP contribution in [-0.4, -0.2) is 56.9 Å². The van der Waals surface area contributed by atoms with Crippen LogP contribution in [0.5, 0.6) is 0 Å². The first kappa shape index (κ1) is 15.5. The van der Waals surface area contributed by atoms with Gasteiger partial charge in [0.2, 0.25) is 0 Å². The first-order valence-electron chi connectivity index (χ1n) is 8.68. The van der Waals surface area contributed by atoms with Crippen LogP contribution in [0, 0.1) is 5.92 Å². The van der Waals surface area contributed by atoms with E-state index in [1.807, 2.05) is 23.7 Å². The van der Waals surface area contributed by atoms with Gasteiger partial charge in [-0.2, -0.15) is 5.10 Å². The number of hydrogen-bond acceptors (Lipinski definition) is 4. The third-order valence-electron chi connectivity index (χ3n) is 5.50. The van der Waals surface area contributed by atoms with Crippen LogP contribution in [-0.2, 0) is 11.8 Å². The zero-order valence-corrected chi connectivity index (χ0v) is 14.6. The smallest absolute Gasteiger partial charge is 0.272 e. The summed E-state index contributed by atoms with van der Waals surface area (Å²) >= 11 is 2.00. The highest BCUT2D eigenvalue weighted by Gasteiger charge is 2.51. The Hall–Kier alpha value is -1.01. The molecule has 6 heteroatoms. The van der Waals surface area contributed by atoms with Crippen LogP contribution in [0.4, 0.5) is 0 Å². The van der Waals surface area contributed by atoms with Crippen LogP contribution in [0.25, 0.3) is 0 Å². The van der Waals surface area contributed by atoms with Crippen LogP contribution >= 0.6 is 11.8 Å². The monoisotopic (exact) mass is 335 g/mol. The maximum atomic E-state index is 12.5. The van der Waals surface area contributed by atoms with Crippen LogP contribution in [0.15, 0.2) is 12.3 Å². The maximum Gasteiger partial charge on any atom is 0.272 e. The Bertz CT molecular complexity index is 576. The van der Waals surface area contributed by atoms with Gasteiger partial charge in [-0.3, -0.25) is 9.48 Å². The summed E-state index contributed by atoms with van der Waals surface area (Å²) in [5.74, 6) is 1.98. The summed E-state index contributed by atoms with van der Waals surface area (Å²) in [6, 6.07) is 1.79. The molecule has 2 aliphatic heterocycles. The zero-order chi connectivity index (χ0) is 15.9. The maximum absolute atomic E-state index is 12.5. The predicted octanol–water partition coefficient (Wildman–Crippen LogP) is 2.33. The topological polar surface area (TPSA) is 47.4 Å². The molecule has 1 aromatic heterocycles. The third kappa shape index (κ3) is 3.03. The van der Waals surface area contributed by atoms with Gasteiger partial charge in [0.1, 0.15) is 5.69 Å². The zero-order valence-electron chi connectivity index (χ0n) is 13.7. The Balaban J connectivity index is 1.26. The molecular weight excluding hydrogens is 310 g/mol. The number of hydrogen-bond donors (Lipinski definition) is 0. The highest BCUT2D eigenvalue weighted by atomic mass is 32.2. The molecule has 1 saturated carbocycles. The lowest BCUT2D eigenvalue weighted by Gasteiger charge is -2.47. The highest BCUT2D eigenvalue weighted by Crippen LogP contribution is 2.46. The van der Waals surface area contributed by atoms with Crippen molar-refractivity contribution in [2.75, 3.05) is 25.4 Å². The highest BCUT2D eigenvalue weighted by molar-refractivity contribution is 8.01. The van der Waals surface area contributed by atoms with E-state index in [4.69, 9.17) is 4.74 Å². The molecule has 5 nitrogen and oxygen atoms in total. The van der Waals surface area contributed by atoms with Gasteiger partial charge in [0.05, 0.1) is 10.9 Å². The molecule has 1 spiro atoms. The van der Waals surface area contributed by atoms with E-state index >= 15 is 0 Å². The molecular formula is C17H25N3O2S. The fraction of sp³-hybridized carbons (Fsp3) is 0.765. The molecule has 0 N–H and O–H groups in total. The minimum Gasteiger partial charge on any atom is -0.377 e. The Morgan fingerprint density at radius 3 is 2.91 bits per heavy atom. The molecule has 0 bridgehead atoms. The van der Waals surface area contributed by atoms with Crippen molar-refractivity contribution < 1.29 is 9.53 Å². The van der Waals surface area contributed by atoms with E-state index in [-0.39, 0.29) is 10.7 Å². The second kappa shape index (κ2) is 6.13. The van der Waals surface area contributed by atoms with Gasteiger partial charge in [0.15, 0.2) is 0 Å². The number of nitrogens with zero attached hydrogens (tertiary/aromatic N) is 3. The van der Waals surface area contributed by atoms with E-state index < -0.39 is 0 Å². The van der Waals surface area contributed by atoms with E-state index in [1.54, 1.807) is 16.9 Å². The lowest BCUT2D eigenvalue weighted by Crippen LogP contribution is -2.61. The van der Waals surface area contributed by atoms with Gasteiger partial charge in [-0.1, -0.05) is 12.8 Å². The van der Waals surface area contributed by atoms with E-state index in [0.717, 1.165) is 37.8 Å². The van der Waals surface area contributed by atoms with Gasteiger partial charge in [0.25, 0.3) is 5.91 Å². The fourth-order valence-corrected chi connectivity index (χ4v) is 5.67. The molecule has 1 unspecified atom stereocenters. The molecule has 0 aromatic carbocycles. The molecule has 1 aliphatic carbocycles. The number of rotatable bonds is 4. The standard InChI is InChI=1S/C17H25N3O2S/c1-19-15(6-7-18-19)16(21)20-11-17(12-20)8-14(10-23-17)22-9-13-4-2-3-5-13/h6-7,13-14H,2-5,8-12H2,1H3. The van der Waals surface area contributed by atoms with Crippen molar-refractivity contribution in [3.8, 4) is 0 Å². The van der Waals surface area contributed by atoms with Crippen molar-refractivity contribution >= 4 is 17.7 Å². The second-order valence-corrected chi connectivity index (χ2v) is 8.79. The molecule has 126 valence electrons. The molecule has 3 aliphatic rings. The van der Waals surface area contributed by atoms with Crippen LogP contribution in [0.2, 0.25) is 0 Å². The van der Waals surface area contributed by atoms with Crippen LogP contribution in [0.3, 0.4) is 0 Å². The molecule has 3 heterocycles. The van der Waals surface area contributed by atoms with Crippen molar-refractivity contribution in [3.63, 3.8) is 0 Å². The minimum atomic E-state index is 0.103. The first-order chi connectivity index (χ1) is 11.2. The van der Waals surface area contributed by atoms with Gasteiger partial charge in [-0.15, -0.1) is 11.8 Å². The van der Waals surface area contributed by atoms with Crippen molar-refractivity contribution in [2.45, 2.75) is 43.0 Å². The molecule has 1 atom stereocenters. The SMILES string of the molecule is Cn1nccc1C(=O)N1CC2(CC(OCC3CCCC3)CS2)C1. The van der Waals surface area contributed by atoms with Gasteiger partial charge in [0, 0.05) is 38.7 Å². The summed E-state index contributed by atoms with van der Waals surface area (Å²) in [5.41, 5.74) is 0.678. The summed E-state index contributed by atoms with van der Waals surface area (Å²) in [7, 11) is 1.82. The normalized spacial score (nSPS) is 26.8. The van der Waals surface area contributed by atoms with Gasteiger partial charge < -0.3 is 9.64 Å². The number of aryl methyl sites for hydroxylation is 1. The number of ether oxygens (including phenoxy) is 1. The molecule has 2 saturated heterocycles. The Labute approximate surface area is 141 Å². The van der Waals surface area contributed by atoms with Crippen molar-refractivity contribution in [3.05, 3.63) is 18.0 Å². The number of amides is 1. The van der Waals surface area contributed by atoms with Crippen LogP contribution in [0.1, 0.15) is 42.6 Å². The van der Waals surface area contributed by atoms with E-state index in [9.17, 15) is 4.79 Å². The van der Waals surface area contributed by atoms with Gasteiger partial charge in [-0.25, -0.2) is 0 Å². The number of aromatic nitrogens is 2. The Morgan fingerprint density at radius 1 is 1.43 bits per heavy atom. The summed E-state index contributed by atoms with van der Waals surface area (Å²) in [6.45, 7) is 2.65. The van der Waals surface area contributed by atoms with E-state index in [1.165, 1.54) is 25.7 Å². The Morgan fingerprint density at radius 2 is 2.22 bits per heavy atom. The molecule has 4 rings (SSSR count). The molecule has 1 aromatic rings. The molecule has 0 radical (unpaired) electrons. The van der Waals surface area contributed by atoms with E-state index in [2.05, 4.69) is 5.10 Å². The van der Waals surface area contributed by atoms with Crippen molar-refractivity contribution in [1.82, 2.24) is 14.7 Å². The largest absolute Gasteiger partial charge is 0.377 e. The average Bonchev–Trinajstić information content (AvgIpc) is 3.23. The van der Waals surface area contributed by atoms with E-state index in [0.29, 0.717) is 11.8 Å². The first-order valence-corrected chi connectivity index (χ1v) is 9.67. The van der Waals surface area contributed by atoms with Crippen LogP contribution < -0.4 is 0 Å². The molecule has 1 amide bonds.